The molecule has 0 aromatic heterocycles. The monoisotopic (exact) mass is 702 g/mol. The summed E-state index contributed by atoms with van der Waals surface area (Å²) < 4.78 is 23.8. The number of esters is 2. The quantitative estimate of drug-likeness (QED) is 0.299. The zero-order valence-corrected chi connectivity index (χ0v) is 25.1. The van der Waals surface area contributed by atoms with E-state index in [0.29, 0.717) is 11.5 Å². The van der Waals surface area contributed by atoms with Gasteiger partial charge in [-0.05, 0) is 0 Å². The van der Waals surface area contributed by atoms with Crippen LogP contribution in [0.5, 0.6) is 11.5 Å². The Labute approximate surface area is 211 Å². The molecule has 0 heterocycles. The van der Waals surface area contributed by atoms with E-state index < -0.39 is 36.9 Å². The van der Waals surface area contributed by atoms with Gasteiger partial charge in [0.2, 0.25) is 0 Å². The molecule has 0 saturated heterocycles. The first kappa shape index (κ1) is 28.0. The second-order valence-corrected chi connectivity index (χ2v) is 33.4. The Balaban J connectivity index is 1.97. The maximum atomic E-state index is 11.8. The van der Waals surface area contributed by atoms with Crippen molar-refractivity contribution in [2.75, 3.05) is 13.2 Å². The van der Waals surface area contributed by atoms with Crippen LogP contribution in [0.15, 0.2) is 48.5 Å². The van der Waals surface area contributed by atoms with Crippen LogP contribution >= 0.6 is 25.5 Å². The van der Waals surface area contributed by atoms with Gasteiger partial charge in [-0.3, -0.25) is 0 Å². The van der Waals surface area contributed by atoms with E-state index in [1.807, 2.05) is 90.1 Å². The van der Waals surface area contributed by atoms with Gasteiger partial charge in [-0.15, -0.1) is 0 Å². The van der Waals surface area contributed by atoms with Crippen molar-refractivity contribution in [1.82, 2.24) is 0 Å². The molecule has 0 saturated carbocycles. The van der Waals surface area contributed by atoms with Gasteiger partial charge in [0.15, 0.2) is 0 Å². The van der Waals surface area contributed by atoms with E-state index in [2.05, 4.69) is 25.5 Å². The number of carbonyl (C=O) groups excluding carboxylic acids is 2. The second kappa shape index (κ2) is 11.4. The first-order chi connectivity index (χ1) is 15.2. The molecule has 0 radical (unpaired) electrons. The zero-order valence-electron chi connectivity index (χ0n) is 19.6. The first-order valence-corrected chi connectivity index (χ1v) is 23.1. The SMILES string of the molecule is CC(C)(C)OC(=O)COc1ccc([Te](Br)(Br)c2ccc(OCC(=O)OC(C)(C)C)cc2)cc1. The number of halogens is 2. The molecule has 0 bridgehead atoms. The van der Waals surface area contributed by atoms with Crippen molar-refractivity contribution in [2.45, 2.75) is 52.7 Å². The minimum atomic E-state index is -2.94. The van der Waals surface area contributed by atoms with Crippen LogP contribution < -0.4 is 16.7 Å². The van der Waals surface area contributed by atoms with Crippen molar-refractivity contribution in [3.05, 3.63) is 48.5 Å². The molecule has 0 spiro atoms. The summed E-state index contributed by atoms with van der Waals surface area (Å²) in [5, 5.41) is 0. The standard InChI is InChI=1S/C24H30Br2O6Te/c1-23(2,3)31-21(27)15-29-17-7-11-19(12-8-17)33(25,26)20-13-9-18(10-14-20)30-16-22(28)32-24(4,5)6/h7-14H,15-16H2,1-6H3. The number of benzene rings is 2. The Morgan fingerprint density at radius 1 is 0.667 bits per heavy atom. The van der Waals surface area contributed by atoms with E-state index in [0.717, 1.165) is 7.22 Å². The number of ether oxygens (including phenoxy) is 4. The van der Waals surface area contributed by atoms with Crippen LogP contribution in [-0.4, -0.2) is 50.1 Å². The molecule has 9 heteroatoms. The van der Waals surface area contributed by atoms with Gasteiger partial charge >= 0.3 is 213 Å². The van der Waals surface area contributed by atoms with Crippen LogP contribution in [-0.2, 0) is 19.1 Å². The van der Waals surface area contributed by atoms with Crippen LogP contribution in [0.2, 0.25) is 0 Å². The van der Waals surface area contributed by atoms with Gasteiger partial charge in [-0.1, -0.05) is 0 Å². The molecule has 0 atom stereocenters. The van der Waals surface area contributed by atoms with E-state index in [-0.39, 0.29) is 13.2 Å². The average molecular weight is 702 g/mol. The van der Waals surface area contributed by atoms with Gasteiger partial charge in [-0.2, -0.15) is 0 Å². The van der Waals surface area contributed by atoms with Crippen LogP contribution in [0.25, 0.3) is 0 Å². The molecule has 2 aromatic carbocycles. The molecule has 182 valence electrons. The van der Waals surface area contributed by atoms with Crippen LogP contribution in [0.4, 0.5) is 0 Å². The third-order valence-corrected chi connectivity index (χ3v) is 18.8. The van der Waals surface area contributed by atoms with Crippen molar-refractivity contribution in [2.24, 2.45) is 0 Å². The predicted molar refractivity (Wildman–Crippen MR) is 138 cm³/mol. The Morgan fingerprint density at radius 3 is 1.24 bits per heavy atom. The normalized spacial score (nSPS) is 12.6. The van der Waals surface area contributed by atoms with Crippen molar-refractivity contribution in [3.63, 3.8) is 0 Å². The molecule has 2 aromatic rings. The van der Waals surface area contributed by atoms with Crippen LogP contribution in [0, 0.1) is 0 Å². The summed E-state index contributed by atoms with van der Waals surface area (Å²) in [5.41, 5.74) is -1.08. The molecule has 0 unspecified atom stereocenters. The topological polar surface area (TPSA) is 71.1 Å². The molecule has 33 heavy (non-hydrogen) atoms. The first-order valence-electron chi connectivity index (χ1n) is 10.3. The minimum absolute atomic E-state index is 0.142. The van der Waals surface area contributed by atoms with Crippen molar-refractivity contribution >= 4 is 58.4 Å². The number of hydrogen-bond acceptors (Lipinski definition) is 6. The van der Waals surface area contributed by atoms with Crippen LogP contribution in [0.1, 0.15) is 41.5 Å². The third-order valence-electron chi connectivity index (χ3n) is 3.79. The van der Waals surface area contributed by atoms with E-state index in [4.69, 9.17) is 18.9 Å². The number of carbonyl (C=O) groups is 2. The molecule has 0 aliphatic heterocycles. The summed E-state index contributed by atoms with van der Waals surface area (Å²) in [7, 11) is 0. The summed E-state index contributed by atoms with van der Waals surface area (Å²) in [4.78, 5) is 23.7. The van der Waals surface area contributed by atoms with Gasteiger partial charge in [0, 0.05) is 0 Å². The van der Waals surface area contributed by atoms with Gasteiger partial charge in [0.25, 0.3) is 0 Å². The molecule has 0 N–H and O–H groups in total. The maximum absolute atomic E-state index is 11.8. The fourth-order valence-electron chi connectivity index (χ4n) is 2.58. The molecule has 6 nitrogen and oxygen atoms in total. The second-order valence-electron chi connectivity index (χ2n) is 9.16. The fraction of sp³-hybridized carbons (Fsp3) is 0.417. The molecule has 0 fully saturated rings. The van der Waals surface area contributed by atoms with E-state index in [1.54, 1.807) is 0 Å². The van der Waals surface area contributed by atoms with Crippen molar-refractivity contribution in [3.8, 4) is 11.5 Å². The fourth-order valence-corrected chi connectivity index (χ4v) is 11.9. The Morgan fingerprint density at radius 2 is 0.970 bits per heavy atom. The summed E-state index contributed by atoms with van der Waals surface area (Å²) in [6.07, 6.45) is 0. The summed E-state index contributed by atoms with van der Waals surface area (Å²) in [6, 6.07) is 15.2. The Bertz CT molecular complexity index is 867. The number of rotatable bonds is 8. The van der Waals surface area contributed by atoms with Gasteiger partial charge in [-0.25, -0.2) is 0 Å². The summed E-state index contributed by atoms with van der Waals surface area (Å²) >= 11 is 4.89. The van der Waals surface area contributed by atoms with E-state index in [9.17, 15) is 9.59 Å². The number of hydrogen-bond donors (Lipinski definition) is 0. The zero-order chi connectivity index (χ0) is 24.9. The summed E-state index contributed by atoms with van der Waals surface area (Å²) in [6.45, 7) is 10.6. The molecular weight excluding hydrogens is 672 g/mol. The van der Waals surface area contributed by atoms with Crippen LogP contribution in [0.3, 0.4) is 0 Å². The molecule has 0 aliphatic carbocycles. The Hall–Kier alpha value is -1.27. The van der Waals surface area contributed by atoms with Gasteiger partial charge < -0.3 is 0 Å². The Kier molecular flexibility index (Phi) is 9.69. The summed E-state index contributed by atoms with van der Waals surface area (Å²) in [5.74, 6) is 0.366. The molecular formula is C24H30Br2O6Te. The van der Waals surface area contributed by atoms with Gasteiger partial charge in [0.1, 0.15) is 0 Å². The molecule has 2 rings (SSSR count). The predicted octanol–water partition coefficient (Wildman–Crippen LogP) is 4.47. The average Bonchev–Trinajstić information content (AvgIpc) is 2.69. The van der Waals surface area contributed by atoms with Gasteiger partial charge in [0.05, 0.1) is 0 Å². The van der Waals surface area contributed by atoms with E-state index >= 15 is 0 Å². The van der Waals surface area contributed by atoms with E-state index in [1.165, 1.54) is 0 Å². The van der Waals surface area contributed by atoms with Crippen molar-refractivity contribution < 1.29 is 28.5 Å². The molecule has 0 aliphatic rings. The third kappa shape index (κ3) is 9.86. The van der Waals surface area contributed by atoms with Crippen molar-refractivity contribution in [1.29, 1.82) is 0 Å². The molecule has 0 amide bonds.